The number of β-amino-alcohol motifs (C(OH)–C–C–N with tert-alkyl or cyclic N) is 1. The Morgan fingerprint density at radius 3 is 2.58 bits per heavy atom. The van der Waals surface area contributed by atoms with Crippen LogP contribution in [-0.4, -0.2) is 53.8 Å². The molecule has 1 aliphatic carbocycles. The van der Waals surface area contributed by atoms with Crippen molar-refractivity contribution < 1.29 is 24.2 Å². The lowest BCUT2D eigenvalue weighted by Gasteiger charge is -2.57. The summed E-state index contributed by atoms with van der Waals surface area (Å²) in [6.45, 7) is 2.17. The monoisotopic (exact) mass is 423 g/mol. The van der Waals surface area contributed by atoms with Crippen molar-refractivity contribution in [1.29, 1.82) is 0 Å². The molecule has 1 aliphatic heterocycles. The Labute approximate surface area is 182 Å². The highest BCUT2D eigenvalue weighted by molar-refractivity contribution is 5.94. The molecule has 6 nitrogen and oxygen atoms in total. The lowest BCUT2D eigenvalue weighted by Crippen LogP contribution is -2.66. The van der Waals surface area contributed by atoms with E-state index in [9.17, 15) is 14.7 Å². The summed E-state index contributed by atoms with van der Waals surface area (Å²) < 4.78 is 11.0. The highest BCUT2D eigenvalue weighted by Gasteiger charge is 2.58. The van der Waals surface area contributed by atoms with Crippen LogP contribution in [0.15, 0.2) is 54.6 Å². The molecule has 0 spiro atoms. The van der Waals surface area contributed by atoms with Crippen LogP contribution in [0.4, 0.5) is 0 Å². The number of piperidine rings is 1. The Morgan fingerprint density at radius 1 is 1.10 bits per heavy atom. The van der Waals surface area contributed by atoms with E-state index in [4.69, 9.17) is 9.47 Å². The number of carbonyl (C=O) groups is 2. The summed E-state index contributed by atoms with van der Waals surface area (Å²) in [5.41, 5.74) is -0.182. The van der Waals surface area contributed by atoms with Gasteiger partial charge in [-0.05, 0) is 55.5 Å². The Balaban J connectivity index is 1.69. The van der Waals surface area contributed by atoms with Crippen LogP contribution in [0.25, 0.3) is 0 Å². The first-order valence-electron chi connectivity index (χ1n) is 10.8. The molecular weight excluding hydrogens is 394 g/mol. The first kappa shape index (κ1) is 21.4. The molecule has 1 saturated heterocycles. The molecule has 1 saturated carbocycles. The van der Waals surface area contributed by atoms with Crippen LogP contribution in [0.2, 0.25) is 0 Å². The number of ether oxygens (including phenoxy) is 2. The van der Waals surface area contributed by atoms with Crippen molar-refractivity contribution >= 4 is 11.9 Å². The molecule has 1 heterocycles. The van der Waals surface area contributed by atoms with Crippen LogP contribution in [0.3, 0.4) is 0 Å². The fourth-order valence-corrected chi connectivity index (χ4v) is 5.33. The van der Waals surface area contributed by atoms with Crippen molar-refractivity contribution in [1.82, 2.24) is 4.90 Å². The molecule has 0 radical (unpaired) electrons. The smallest absolute Gasteiger partial charge is 0.302 e. The van der Waals surface area contributed by atoms with Gasteiger partial charge in [0.2, 0.25) is 0 Å². The third-order valence-electron chi connectivity index (χ3n) is 6.87. The van der Waals surface area contributed by atoms with Crippen molar-refractivity contribution in [3.8, 4) is 5.75 Å². The average Bonchev–Trinajstić information content (AvgIpc) is 2.78. The van der Waals surface area contributed by atoms with E-state index in [0.29, 0.717) is 43.5 Å². The number of fused-ring (bicyclic) bond motifs is 1. The first-order chi connectivity index (χ1) is 14.9. The van der Waals surface area contributed by atoms with Gasteiger partial charge in [0, 0.05) is 24.4 Å². The summed E-state index contributed by atoms with van der Waals surface area (Å²) in [6.07, 6.45) is 1.84. The minimum absolute atomic E-state index is 0.0737. The summed E-state index contributed by atoms with van der Waals surface area (Å²) in [6, 6.07) is 16.9. The highest BCUT2D eigenvalue weighted by Crippen LogP contribution is 2.52. The molecule has 1 amide bonds. The molecule has 3 unspecified atom stereocenters. The third kappa shape index (κ3) is 3.92. The Kier molecular flexibility index (Phi) is 5.75. The topological polar surface area (TPSA) is 76.1 Å². The number of likely N-dealkylation sites (tertiary alicyclic amines) is 1. The van der Waals surface area contributed by atoms with Crippen molar-refractivity contribution in [2.75, 3.05) is 20.2 Å². The molecule has 0 aromatic heterocycles. The summed E-state index contributed by atoms with van der Waals surface area (Å²) in [5, 5.41) is 12.0. The maximum absolute atomic E-state index is 13.1. The second kappa shape index (κ2) is 8.35. The van der Waals surface area contributed by atoms with Gasteiger partial charge in [0.05, 0.1) is 19.3 Å². The summed E-state index contributed by atoms with van der Waals surface area (Å²) in [5.74, 6) is 0.329. The van der Waals surface area contributed by atoms with Crippen LogP contribution in [-0.2, 0) is 14.9 Å². The number of nitrogens with zero attached hydrogens (tertiary/aromatic N) is 1. The van der Waals surface area contributed by atoms with Gasteiger partial charge in [-0.3, -0.25) is 9.59 Å². The van der Waals surface area contributed by atoms with Crippen LogP contribution in [0, 0.1) is 0 Å². The lowest BCUT2D eigenvalue weighted by atomic mass is 9.55. The Hall–Kier alpha value is -2.86. The molecule has 3 atom stereocenters. The van der Waals surface area contributed by atoms with E-state index in [2.05, 4.69) is 0 Å². The summed E-state index contributed by atoms with van der Waals surface area (Å²) in [7, 11) is 1.62. The Bertz CT molecular complexity index is 961. The van der Waals surface area contributed by atoms with Gasteiger partial charge in [-0.1, -0.05) is 30.3 Å². The van der Waals surface area contributed by atoms with Gasteiger partial charge < -0.3 is 19.5 Å². The van der Waals surface area contributed by atoms with Gasteiger partial charge in [0.1, 0.15) is 11.9 Å². The van der Waals surface area contributed by atoms with E-state index in [-0.39, 0.29) is 24.5 Å². The van der Waals surface area contributed by atoms with E-state index >= 15 is 0 Å². The second-order valence-corrected chi connectivity index (χ2v) is 8.66. The number of methoxy groups -OCH3 is 1. The molecular formula is C25H29NO5. The minimum atomic E-state index is -1.13. The van der Waals surface area contributed by atoms with Gasteiger partial charge >= 0.3 is 5.97 Å². The zero-order chi connectivity index (χ0) is 22.1. The predicted molar refractivity (Wildman–Crippen MR) is 116 cm³/mol. The van der Waals surface area contributed by atoms with Crippen LogP contribution in [0.5, 0.6) is 5.75 Å². The molecule has 31 heavy (non-hydrogen) atoms. The number of amides is 1. The molecule has 2 aromatic rings. The quantitative estimate of drug-likeness (QED) is 0.764. The number of hydrogen-bond acceptors (Lipinski definition) is 5. The third-order valence-corrected chi connectivity index (χ3v) is 6.87. The molecule has 4 rings (SSSR count). The van der Waals surface area contributed by atoms with Crippen molar-refractivity contribution in [2.45, 2.75) is 49.7 Å². The van der Waals surface area contributed by atoms with Gasteiger partial charge in [0.25, 0.3) is 5.91 Å². The predicted octanol–water partition coefficient (Wildman–Crippen LogP) is 3.33. The van der Waals surface area contributed by atoms with Gasteiger partial charge in [-0.25, -0.2) is 0 Å². The van der Waals surface area contributed by atoms with Gasteiger partial charge in [-0.15, -0.1) is 0 Å². The van der Waals surface area contributed by atoms with Gasteiger partial charge in [-0.2, -0.15) is 0 Å². The molecule has 1 N–H and O–H groups in total. The SMILES string of the molecule is COc1cccc(C23CCN(C(=O)c4ccccc4)CC2(O)CCC(OC(C)=O)C3)c1. The second-order valence-electron chi connectivity index (χ2n) is 8.66. The van der Waals surface area contributed by atoms with E-state index in [1.807, 2.05) is 42.5 Å². The number of rotatable bonds is 4. The molecule has 2 aromatic carbocycles. The zero-order valence-electron chi connectivity index (χ0n) is 18.0. The molecule has 0 bridgehead atoms. The fourth-order valence-electron chi connectivity index (χ4n) is 5.33. The Morgan fingerprint density at radius 2 is 1.87 bits per heavy atom. The number of hydrogen-bond donors (Lipinski definition) is 1. The summed E-state index contributed by atoms with van der Waals surface area (Å²) >= 11 is 0. The number of benzene rings is 2. The summed E-state index contributed by atoms with van der Waals surface area (Å²) in [4.78, 5) is 26.5. The standard InChI is InChI=1S/C25H29NO5/c1-18(27)31-22-11-12-25(29)17-26(23(28)19-7-4-3-5-8-19)14-13-24(25,16-22)20-9-6-10-21(15-20)30-2/h3-10,15,22,29H,11-14,16-17H2,1-2H3. The van der Waals surface area contributed by atoms with E-state index < -0.39 is 11.0 Å². The molecule has 2 aliphatic rings. The average molecular weight is 424 g/mol. The van der Waals surface area contributed by atoms with E-state index in [1.54, 1.807) is 24.1 Å². The molecule has 164 valence electrons. The first-order valence-corrected chi connectivity index (χ1v) is 10.8. The van der Waals surface area contributed by atoms with Crippen LogP contribution < -0.4 is 4.74 Å². The normalized spacial score (nSPS) is 27.8. The lowest BCUT2D eigenvalue weighted by molar-refractivity contribution is -0.165. The number of aliphatic hydroxyl groups is 1. The van der Waals surface area contributed by atoms with Crippen LogP contribution >= 0.6 is 0 Å². The van der Waals surface area contributed by atoms with Crippen LogP contribution in [0.1, 0.15) is 48.5 Å². The van der Waals surface area contributed by atoms with Crippen molar-refractivity contribution in [3.63, 3.8) is 0 Å². The molecule has 2 fully saturated rings. The maximum atomic E-state index is 13.1. The van der Waals surface area contributed by atoms with E-state index in [1.165, 1.54) is 6.92 Å². The zero-order valence-corrected chi connectivity index (χ0v) is 18.0. The van der Waals surface area contributed by atoms with E-state index in [0.717, 1.165) is 5.56 Å². The maximum Gasteiger partial charge on any atom is 0.302 e. The minimum Gasteiger partial charge on any atom is -0.497 e. The highest BCUT2D eigenvalue weighted by atomic mass is 16.5. The van der Waals surface area contributed by atoms with Crippen molar-refractivity contribution in [3.05, 3.63) is 65.7 Å². The van der Waals surface area contributed by atoms with Crippen molar-refractivity contribution in [2.24, 2.45) is 0 Å². The van der Waals surface area contributed by atoms with Gasteiger partial charge in [0.15, 0.2) is 0 Å². The number of esters is 1. The fraction of sp³-hybridized carbons (Fsp3) is 0.440. The number of carbonyl (C=O) groups excluding carboxylic acids is 2. The largest absolute Gasteiger partial charge is 0.497 e. The molecule has 6 heteroatoms.